The highest BCUT2D eigenvalue weighted by molar-refractivity contribution is 6.32. The molecule has 2 heteroatoms. The quantitative estimate of drug-likeness (QED) is 0.227. The van der Waals surface area contributed by atoms with Crippen LogP contribution in [0.4, 0.5) is 17.1 Å². The highest BCUT2D eigenvalue weighted by Gasteiger charge is 2.19. The fourth-order valence-electron chi connectivity index (χ4n) is 4.45. The van der Waals surface area contributed by atoms with Crippen LogP contribution in [0.25, 0.3) is 21.5 Å². The van der Waals surface area contributed by atoms with Crippen LogP contribution < -0.4 is 10.4 Å². The fraction of sp³-hybridized carbons (Fsp3) is 0.133. The van der Waals surface area contributed by atoms with Gasteiger partial charge in [-0.15, -0.1) is 0 Å². The van der Waals surface area contributed by atoms with Gasteiger partial charge in [0.1, 0.15) is 7.85 Å². The third-order valence-electron chi connectivity index (χ3n) is 6.27. The van der Waals surface area contributed by atoms with E-state index >= 15 is 0 Å². The first-order valence-electron chi connectivity index (χ1n) is 11.3. The molecule has 5 rings (SSSR count). The van der Waals surface area contributed by atoms with E-state index in [1.165, 1.54) is 49.6 Å². The van der Waals surface area contributed by atoms with Crippen LogP contribution in [0.3, 0.4) is 0 Å². The molecule has 0 unspecified atom stereocenters. The molecule has 32 heavy (non-hydrogen) atoms. The van der Waals surface area contributed by atoms with Gasteiger partial charge < -0.3 is 4.90 Å². The van der Waals surface area contributed by atoms with Crippen molar-refractivity contribution in [2.45, 2.75) is 26.2 Å². The molecule has 0 heterocycles. The zero-order chi connectivity index (χ0) is 22.3. The van der Waals surface area contributed by atoms with E-state index < -0.39 is 0 Å². The third kappa shape index (κ3) is 3.67. The minimum absolute atomic E-state index is 0.128. The van der Waals surface area contributed by atoms with Crippen LogP contribution in [0.15, 0.2) is 103 Å². The molecule has 0 spiro atoms. The van der Waals surface area contributed by atoms with Gasteiger partial charge in [0.2, 0.25) is 0 Å². The predicted octanol–water partition coefficient (Wildman–Crippen LogP) is 7.02. The highest BCUT2D eigenvalue weighted by atomic mass is 15.1. The van der Waals surface area contributed by atoms with Crippen molar-refractivity contribution in [3.63, 3.8) is 0 Å². The van der Waals surface area contributed by atoms with Gasteiger partial charge in [-0.1, -0.05) is 99.0 Å². The van der Waals surface area contributed by atoms with E-state index in [0.717, 1.165) is 0 Å². The lowest BCUT2D eigenvalue weighted by Crippen LogP contribution is -2.14. The Hall–Kier alpha value is -3.52. The molecule has 0 bridgehead atoms. The monoisotopic (exact) mass is 413 g/mol. The van der Waals surface area contributed by atoms with Gasteiger partial charge in [-0.3, -0.25) is 0 Å². The molecule has 1 nitrogen and oxygen atoms in total. The standard InChI is InChI=1S/C30H28BN/c1-30(2,3)22-12-16-24(17-13-22)32(25-18-14-23(31)15-19-25)29-20-21-8-4-5-9-26(21)27-10-6-7-11-28(27)29/h4-20H,31H2,1-3H3. The van der Waals surface area contributed by atoms with Gasteiger partial charge >= 0.3 is 0 Å². The van der Waals surface area contributed by atoms with Gasteiger partial charge in [-0.05, 0) is 57.5 Å². The summed E-state index contributed by atoms with van der Waals surface area (Å²) < 4.78 is 0. The average Bonchev–Trinajstić information content (AvgIpc) is 2.80. The van der Waals surface area contributed by atoms with Gasteiger partial charge in [-0.25, -0.2) is 0 Å². The van der Waals surface area contributed by atoms with Gasteiger partial charge in [0.25, 0.3) is 0 Å². The van der Waals surface area contributed by atoms with Crippen molar-refractivity contribution in [1.29, 1.82) is 0 Å². The maximum absolute atomic E-state index is 2.39. The molecule has 0 fully saturated rings. The zero-order valence-electron chi connectivity index (χ0n) is 19.3. The molecule has 0 radical (unpaired) electrons. The number of hydrogen-bond donors (Lipinski definition) is 0. The Labute approximate surface area is 191 Å². The zero-order valence-corrected chi connectivity index (χ0v) is 19.3. The lowest BCUT2D eigenvalue weighted by Gasteiger charge is -2.28. The average molecular weight is 413 g/mol. The minimum Gasteiger partial charge on any atom is -0.310 e. The first-order valence-corrected chi connectivity index (χ1v) is 11.3. The van der Waals surface area contributed by atoms with Crippen LogP contribution in [-0.2, 0) is 5.41 Å². The van der Waals surface area contributed by atoms with E-state index in [2.05, 4.69) is 137 Å². The summed E-state index contributed by atoms with van der Waals surface area (Å²) >= 11 is 0. The molecule has 0 amide bonds. The number of rotatable bonds is 3. The molecule has 0 aliphatic carbocycles. The van der Waals surface area contributed by atoms with Gasteiger partial charge in [0.05, 0.1) is 5.69 Å². The second kappa shape index (κ2) is 7.87. The molecular weight excluding hydrogens is 385 g/mol. The molecule has 0 atom stereocenters. The first kappa shape index (κ1) is 20.4. The smallest absolute Gasteiger partial charge is 0.139 e. The molecule has 0 N–H and O–H groups in total. The van der Waals surface area contributed by atoms with Crippen LogP contribution in [0.1, 0.15) is 26.3 Å². The molecule has 0 aromatic heterocycles. The molecular formula is C30H28BN. The summed E-state index contributed by atoms with van der Waals surface area (Å²) in [6.45, 7) is 6.78. The third-order valence-corrected chi connectivity index (χ3v) is 6.27. The Balaban J connectivity index is 1.79. The summed E-state index contributed by atoms with van der Waals surface area (Å²) in [4.78, 5) is 2.39. The molecule has 0 saturated heterocycles. The van der Waals surface area contributed by atoms with E-state index in [0.29, 0.717) is 0 Å². The van der Waals surface area contributed by atoms with Crippen molar-refractivity contribution < 1.29 is 0 Å². The van der Waals surface area contributed by atoms with Crippen LogP contribution in [0, 0.1) is 0 Å². The Bertz CT molecular complexity index is 1390. The number of nitrogens with zero attached hydrogens (tertiary/aromatic N) is 1. The molecule has 156 valence electrons. The van der Waals surface area contributed by atoms with E-state index in [1.54, 1.807) is 0 Å². The van der Waals surface area contributed by atoms with Crippen LogP contribution in [0.5, 0.6) is 0 Å². The Morgan fingerprint density at radius 3 is 1.75 bits per heavy atom. The lowest BCUT2D eigenvalue weighted by atomic mass is 9.87. The van der Waals surface area contributed by atoms with Crippen molar-refractivity contribution >= 4 is 51.9 Å². The van der Waals surface area contributed by atoms with E-state index in [4.69, 9.17) is 0 Å². The summed E-state index contributed by atoms with van der Waals surface area (Å²) in [5.74, 6) is 0. The van der Waals surface area contributed by atoms with E-state index in [9.17, 15) is 0 Å². The molecule has 5 aromatic carbocycles. The van der Waals surface area contributed by atoms with Crippen molar-refractivity contribution in [3.8, 4) is 0 Å². The Kier molecular flexibility index (Phi) is 5.02. The summed E-state index contributed by atoms with van der Waals surface area (Å²) in [5.41, 5.74) is 6.27. The largest absolute Gasteiger partial charge is 0.310 e. The summed E-state index contributed by atoms with van der Waals surface area (Å²) in [6, 6.07) is 37.6. The van der Waals surface area contributed by atoms with E-state index in [1.807, 2.05) is 0 Å². The normalized spacial score (nSPS) is 11.7. The molecule has 5 aromatic rings. The van der Waals surface area contributed by atoms with Crippen molar-refractivity contribution in [2.75, 3.05) is 4.90 Å². The number of fused-ring (bicyclic) bond motifs is 3. The Morgan fingerprint density at radius 2 is 1.12 bits per heavy atom. The Morgan fingerprint density at radius 1 is 0.594 bits per heavy atom. The number of anilines is 3. The van der Waals surface area contributed by atoms with Crippen LogP contribution in [0.2, 0.25) is 0 Å². The molecule has 0 saturated carbocycles. The summed E-state index contributed by atoms with van der Waals surface area (Å²) in [7, 11) is 2.14. The number of benzene rings is 5. The number of hydrogen-bond acceptors (Lipinski definition) is 1. The van der Waals surface area contributed by atoms with Gasteiger partial charge in [0.15, 0.2) is 0 Å². The summed E-state index contributed by atoms with van der Waals surface area (Å²) in [5, 5.41) is 5.08. The van der Waals surface area contributed by atoms with Crippen LogP contribution >= 0.6 is 0 Å². The van der Waals surface area contributed by atoms with E-state index in [-0.39, 0.29) is 5.41 Å². The molecule has 0 aliphatic heterocycles. The fourth-order valence-corrected chi connectivity index (χ4v) is 4.45. The SMILES string of the molecule is Bc1ccc(N(c2ccc(C(C)(C)C)cc2)c2cc3ccccc3c3ccccc23)cc1. The predicted molar refractivity (Wildman–Crippen MR) is 143 cm³/mol. The van der Waals surface area contributed by atoms with Crippen molar-refractivity contribution in [3.05, 3.63) is 109 Å². The lowest BCUT2D eigenvalue weighted by molar-refractivity contribution is 0.590. The van der Waals surface area contributed by atoms with Crippen molar-refractivity contribution in [1.82, 2.24) is 0 Å². The summed E-state index contributed by atoms with van der Waals surface area (Å²) in [6.07, 6.45) is 0. The van der Waals surface area contributed by atoms with Gasteiger partial charge in [0, 0.05) is 16.8 Å². The minimum atomic E-state index is 0.128. The second-order valence-corrected chi connectivity index (χ2v) is 9.63. The molecule has 0 aliphatic rings. The topological polar surface area (TPSA) is 3.24 Å². The maximum Gasteiger partial charge on any atom is 0.139 e. The highest BCUT2D eigenvalue weighted by Crippen LogP contribution is 2.42. The van der Waals surface area contributed by atoms with Crippen LogP contribution in [-0.4, -0.2) is 7.85 Å². The van der Waals surface area contributed by atoms with Crippen molar-refractivity contribution in [2.24, 2.45) is 0 Å². The maximum atomic E-state index is 2.39. The first-order chi connectivity index (χ1) is 15.4. The van der Waals surface area contributed by atoms with Gasteiger partial charge in [-0.2, -0.15) is 0 Å². The second-order valence-electron chi connectivity index (χ2n) is 9.63.